The van der Waals surface area contributed by atoms with Gasteiger partial charge in [-0.1, -0.05) is 26.7 Å². The van der Waals surface area contributed by atoms with Gasteiger partial charge in [0.15, 0.2) is 0 Å². The Hall–Kier alpha value is -2.24. The van der Waals surface area contributed by atoms with E-state index in [1.807, 2.05) is 19.1 Å². The van der Waals surface area contributed by atoms with Crippen LogP contribution in [0.4, 0.5) is 0 Å². The maximum atomic E-state index is 12.2. The third-order valence-corrected chi connectivity index (χ3v) is 3.54. The lowest BCUT2D eigenvalue weighted by Crippen LogP contribution is -2.32. The maximum absolute atomic E-state index is 12.2. The molecule has 0 aliphatic heterocycles. The second-order valence-corrected chi connectivity index (χ2v) is 6.00. The molecule has 2 rings (SSSR count). The van der Waals surface area contributed by atoms with Crippen molar-refractivity contribution in [3.63, 3.8) is 0 Å². The van der Waals surface area contributed by atoms with Crippen LogP contribution in [-0.4, -0.2) is 32.2 Å². The third kappa shape index (κ3) is 4.65. The first kappa shape index (κ1) is 16.1. The largest absolute Gasteiger partial charge is 0.350 e. The lowest BCUT2D eigenvalue weighted by molar-refractivity contribution is 0.0938. The van der Waals surface area contributed by atoms with Gasteiger partial charge in [-0.15, -0.1) is 5.10 Å². The van der Waals surface area contributed by atoms with Crippen molar-refractivity contribution in [1.29, 1.82) is 0 Å². The number of amides is 1. The standard InChI is InChI=1S/C16H23N5O/c1-12(2)5-4-6-13(3)18-16(22)14-7-9-15(10-8-14)21-11-17-19-20-21/h7-13H,4-6H2,1-3H3,(H,18,22)/t13-/m1/s1. The van der Waals surface area contributed by atoms with Crippen LogP contribution in [0.2, 0.25) is 0 Å². The molecule has 1 aromatic carbocycles. The van der Waals surface area contributed by atoms with E-state index >= 15 is 0 Å². The minimum atomic E-state index is -0.0414. The van der Waals surface area contributed by atoms with E-state index in [0.717, 1.165) is 18.5 Å². The molecule has 1 N–H and O–H groups in total. The SMILES string of the molecule is CC(C)CCC[C@@H](C)NC(=O)c1ccc(-n2cnnn2)cc1. The molecule has 0 saturated heterocycles. The van der Waals surface area contributed by atoms with Crippen LogP contribution in [0, 0.1) is 5.92 Å². The molecule has 0 aliphatic rings. The van der Waals surface area contributed by atoms with Crippen molar-refractivity contribution in [2.75, 3.05) is 0 Å². The Kier molecular flexibility index (Phi) is 5.63. The summed E-state index contributed by atoms with van der Waals surface area (Å²) in [5, 5.41) is 14.0. The first-order chi connectivity index (χ1) is 10.6. The summed E-state index contributed by atoms with van der Waals surface area (Å²) in [6.07, 6.45) is 4.86. The van der Waals surface area contributed by atoms with Crippen LogP contribution >= 0.6 is 0 Å². The Morgan fingerprint density at radius 3 is 2.50 bits per heavy atom. The number of nitrogens with zero attached hydrogens (tertiary/aromatic N) is 4. The number of benzene rings is 1. The summed E-state index contributed by atoms with van der Waals surface area (Å²) >= 11 is 0. The molecule has 0 saturated carbocycles. The van der Waals surface area contributed by atoms with E-state index in [1.165, 1.54) is 12.7 Å². The van der Waals surface area contributed by atoms with E-state index < -0.39 is 0 Å². The minimum absolute atomic E-state index is 0.0414. The number of rotatable bonds is 7. The predicted molar refractivity (Wildman–Crippen MR) is 84.8 cm³/mol. The van der Waals surface area contributed by atoms with Crippen molar-refractivity contribution < 1.29 is 4.79 Å². The number of carbonyl (C=O) groups is 1. The summed E-state index contributed by atoms with van der Waals surface area (Å²) in [5.41, 5.74) is 1.47. The van der Waals surface area contributed by atoms with Gasteiger partial charge in [0.25, 0.3) is 5.91 Å². The molecule has 1 amide bonds. The summed E-state index contributed by atoms with van der Waals surface area (Å²) in [6.45, 7) is 6.48. The number of hydrogen-bond acceptors (Lipinski definition) is 4. The van der Waals surface area contributed by atoms with E-state index in [1.54, 1.807) is 16.8 Å². The molecule has 22 heavy (non-hydrogen) atoms. The van der Waals surface area contributed by atoms with E-state index in [0.29, 0.717) is 11.5 Å². The molecular weight excluding hydrogens is 278 g/mol. The molecule has 0 fully saturated rings. The second-order valence-electron chi connectivity index (χ2n) is 6.00. The maximum Gasteiger partial charge on any atom is 0.251 e. The van der Waals surface area contributed by atoms with Gasteiger partial charge in [-0.05, 0) is 54.0 Å². The highest BCUT2D eigenvalue weighted by Gasteiger charge is 2.10. The summed E-state index contributed by atoms with van der Waals surface area (Å²) in [4.78, 5) is 12.2. The van der Waals surface area contributed by atoms with Gasteiger partial charge >= 0.3 is 0 Å². The van der Waals surface area contributed by atoms with Gasteiger partial charge < -0.3 is 5.32 Å². The zero-order valence-electron chi connectivity index (χ0n) is 13.4. The van der Waals surface area contributed by atoms with E-state index in [4.69, 9.17) is 0 Å². The van der Waals surface area contributed by atoms with Crippen LogP contribution < -0.4 is 5.32 Å². The van der Waals surface area contributed by atoms with Crippen LogP contribution in [0.15, 0.2) is 30.6 Å². The Balaban J connectivity index is 1.87. The van der Waals surface area contributed by atoms with Crippen molar-refractivity contribution in [2.45, 2.75) is 46.1 Å². The molecular formula is C16H23N5O. The fourth-order valence-electron chi connectivity index (χ4n) is 2.26. The molecule has 1 heterocycles. The molecule has 6 heteroatoms. The zero-order chi connectivity index (χ0) is 15.9. The second kappa shape index (κ2) is 7.68. The van der Waals surface area contributed by atoms with Crippen LogP contribution in [0.3, 0.4) is 0 Å². The third-order valence-electron chi connectivity index (χ3n) is 3.54. The molecule has 2 aromatic rings. The molecule has 0 spiro atoms. The molecule has 0 unspecified atom stereocenters. The van der Waals surface area contributed by atoms with Gasteiger partial charge in [0.05, 0.1) is 5.69 Å². The van der Waals surface area contributed by atoms with Crippen molar-refractivity contribution >= 4 is 5.91 Å². The van der Waals surface area contributed by atoms with Gasteiger partial charge in [0.1, 0.15) is 6.33 Å². The average Bonchev–Trinajstić information content (AvgIpc) is 3.01. The normalized spacial score (nSPS) is 12.4. The Morgan fingerprint density at radius 1 is 1.18 bits per heavy atom. The monoisotopic (exact) mass is 301 g/mol. The Morgan fingerprint density at radius 2 is 1.91 bits per heavy atom. The Bertz CT molecular complexity index is 577. The number of tetrazole rings is 1. The fraction of sp³-hybridized carbons (Fsp3) is 0.500. The Labute approximate surface area is 130 Å². The molecule has 1 aromatic heterocycles. The predicted octanol–water partition coefficient (Wildman–Crippen LogP) is 2.61. The average molecular weight is 301 g/mol. The summed E-state index contributed by atoms with van der Waals surface area (Å²) in [5.74, 6) is 0.669. The fourth-order valence-corrected chi connectivity index (χ4v) is 2.26. The number of nitrogens with one attached hydrogen (secondary N) is 1. The number of aromatic nitrogens is 4. The number of hydrogen-bond donors (Lipinski definition) is 1. The summed E-state index contributed by atoms with van der Waals surface area (Å²) in [7, 11) is 0. The molecule has 0 aliphatic carbocycles. The minimum Gasteiger partial charge on any atom is -0.350 e. The van der Waals surface area contributed by atoms with Crippen molar-refractivity contribution in [2.24, 2.45) is 5.92 Å². The quantitative estimate of drug-likeness (QED) is 0.853. The highest BCUT2D eigenvalue weighted by molar-refractivity contribution is 5.94. The van der Waals surface area contributed by atoms with Crippen LogP contribution in [0.1, 0.15) is 50.4 Å². The van der Waals surface area contributed by atoms with Crippen LogP contribution in [-0.2, 0) is 0 Å². The van der Waals surface area contributed by atoms with E-state index in [9.17, 15) is 4.79 Å². The van der Waals surface area contributed by atoms with Crippen LogP contribution in [0.25, 0.3) is 5.69 Å². The van der Waals surface area contributed by atoms with Gasteiger partial charge in [0, 0.05) is 11.6 Å². The smallest absolute Gasteiger partial charge is 0.251 e. The van der Waals surface area contributed by atoms with Gasteiger partial charge in [-0.3, -0.25) is 4.79 Å². The van der Waals surface area contributed by atoms with E-state index in [-0.39, 0.29) is 11.9 Å². The zero-order valence-corrected chi connectivity index (χ0v) is 13.4. The summed E-state index contributed by atoms with van der Waals surface area (Å²) in [6, 6.07) is 7.41. The van der Waals surface area contributed by atoms with Crippen molar-refractivity contribution in [3.8, 4) is 5.69 Å². The topological polar surface area (TPSA) is 72.7 Å². The van der Waals surface area contributed by atoms with Crippen molar-refractivity contribution in [1.82, 2.24) is 25.5 Å². The van der Waals surface area contributed by atoms with Crippen molar-refractivity contribution in [3.05, 3.63) is 36.2 Å². The number of carbonyl (C=O) groups excluding carboxylic acids is 1. The molecule has 1 atom stereocenters. The molecule has 6 nitrogen and oxygen atoms in total. The highest BCUT2D eigenvalue weighted by atomic mass is 16.1. The van der Waals surface area contributed by atoms with Gasteiger partial charge in [0.2, 0.25) is 0 Å². The first-order valence-electron chi connectivity index (χ1n) is 7.70. The van der Waals surface area contributed by atoms with Gasteiger partial charge in [-0.2, -0.15) is 0 Å². The first-order valence-corrected chi connectivity index (χ1v) is 7.70. The lowest BCUT2D eigenvalue weighted by Gasteiger charge is -2.14. The lowest BCUT2D eigenvalue weighted by atomic mass is 10.0. The molecule has 0 bridgehead atoms. The molecule has 0 radical (unpaired) electrons. The highest BCUT2D eigenvalue weighted by Crippen LogP contribution is 2.10. The van der Waals surface area contributed by atoms with Crippen LogP contribution in [0.5, 0.6) is 0 Å². The molecule has 118 valence electrons. The summed E-state index contributed by atoms with van der Waals surface area (Å²) < 4.78 is 1.55. The van der Waals surface area contributed by atoms with Gasteiger partial charge in [-0.25, -0.2) is 4.68 Å². The van der Waals surface area contributed by atoms with E-state index in [2.05, 4.69) is 34.7 Å².